The van der Waals surface area contributed by atoms with Crippen molar-refractivity contribution >= 4 is 5.91 Å². The van der Waals surface area contributed by atoms with E-state index in [9.17, 15) is 9.90 Å². The zero-order chi connectivity index (χ0) is 11.4. The van der Waals surface area contributed by atoms with Gasteiger partial charge in [0.25, 0.3) is 0 Å². The molecule has 2 heterocycles. The number of aliphatic hydroxyl groups is 1. The molecule has 2 saturated heterocycles. The zero-order valence-electron chi connectivity index (χ0n) is 9.83. The number of carbonyl (C=O) groups is 1. The van der Waals surface area contributed by atoms with Crippen LogP contribution in [0.15, 0.2) is 0 Å². The van der Waals surface area contributed by atoms with Crippen molar-refractivity contribution in [2.24, 2.45) is 5.92 Å². The van der Waals surface area contributed by atoms with Gasteiger partial charge < -0.3 is 15.3 Å². The molecule has 3 aliphatic rings. The summed E-state index contributed by atoms with van der Waals surface area (Å²) in [4.78, 5) is 14.0. The van der Waals surface area contributed by atoms with Crippen LogP contribution in [0.2, 0.25) is 0 Å². The first kappa shape index (κ1) is 10.5. The third-order valence-corrected chi connectivity index (χ3v) is 4.39. The van der Waals surface area contributed by atoms with E-state index >= 15 is 0 Å². The average molecular weight is 224 g/mol. The van der Waals surface area contributed by atoms with Crippen molar-refractivity contribution in [3.63, 3.8) is 0 Å². The monoisotopic (exact) mass is 224 g/mol. The van der Waals surface area contributed by atoms with Gasteiger partial charge in [0.15, 0.2) is 0 Å². The molecule has 1 amide bonds. The summed E-state index contributed by atoms with van der Waals surface area (Å²) in [6.07, 6.45) is 4.26. The first-order valence-corrected chi connectivity index (χ1v) is 6.30. The Balaban J connectivity index is 1.61. The minimum atomic E-state index is -0.551. The maximum atomic E-state index is 12.2. The molecule has 90 valence electrons. The topological polar surface area (TPSA) is 52.6 Å². The number of hydrogen-bond acceptors (Lipinski definition) is 3. The number of rotatable bonds is 2. The maximum Gasteiger partial charge on any atom is 0.242 e. The summed E-state index contributed by atoms with van der Waals surface area (Å²) in [5.41, 5.74) is -0.921. The molecule has 0 aromatic carbocycles. The molecule has 1 saturated carbocycles. The third kappa shape index (κ3) is 1.47. The predicted octanol–water partition coefficient (Wildman–Crippen LogP) is 0.112. The van der Waals surface area contributed by atoms with Gasteiger partial charge >= 0.3 is 0 Å². The van der Waals surface area contributed by atoms with E-state index in [0.29, 0.717) is 19.0 Å². The van der Waals surface area contributed by atoms with E-state index < -0.39 is 5.60 Å². The molecule has 2 N–H and O–H groups in total. The van der Waals surface area contributed by atoms with Gasteiger partial charge in [-0.1, -0.05) is 0 Å². The van der Waals surface area contributed by atoms with Crippen LogP contribution in [0.1, 0.15) is 32.6 Å². The first-order chi connectivity index (χ1) is 7.54. The molecule has 16 heavy (non-hydrogen) atoms. The first-order valence-electron chi connectivity index (χ1n) is 6.30. The minimum absolute atomic E-state index is 0.176. The van der Waals surface area contributed by atoms with Crippen LogP contribution in [0.3, 0.4) is 0 Å². The molecule has 2 aliphatic heterocycles. The lowest BCUT2D eigenvalue weighted by atomic mass is 9.86. The average Bonchev–Trinajstić information content (AvgIpc) is 2.97. The summed E-state index contributed by atoms with van der Waals surface area (Å²) in [6.45, 7) is 4.02. The molecule has 3 rings (SSSR count). The molecule has 3 fully saturated rings. The van der Waals surface area contributed by atoms with Crippen molar-refractivity contribution in [3.8, 4) is 0 Å². The van der Waals surface area contributed by atoms with Crippen LogP contribution in [0.25, 0.3) is 0 Å². The molecule has 0 aromatic heterocycles. The minimum Gasteiger partial charge on any atom is -0.386 e. The van der Waals surface area contributed by atoms with Crippen LogP contribution in [0.5, 0.6) is 0 Å². The lowest BCUT2D eigenvalue weighted by Gasteiger charge is -2.49. The SMILES string of the molecule is CC1(C(=O)N2CC(O)(C3CC3)C2)CCCN1. The molecule has 1 atom stereocenters. The van der Waals surface area contributed by atoms with Crippen molar-refractivity contribution < 1.29 is 9.90 Å². The fourth-order valence-corrected chi connectivity index (χ4v) is 3.06. The third-order valence-electron chi connectivity index (χ3n) is 4.39. The van der Waals surface area contributed by atoms with Crippen molar-refractivity contribution in [2.45, 2.75) is 43.7 Å². The Hall–Kier alpha value is -0.610. The van der Waals surface area contributed by atoms with E-state index in [4.69, 9.17) is 0 Å². The molecule has 4 nitrogen and oxygen atoms in total. The number of nitrogens with one attached hydrogen (secondary N) is 1. The summed E-state index contributed by atoms with van der Waals surface area (Å²) in [6, 6.07) is 0. The number of nitrogens with zero attached hydrogens (tertiary/aromatic N) is 1. The Labute approximate surface area is 96.0 Å². The zero-order valence-corrected chi connectivity index (χ0v) is 9.83. The van der Waals surface area contributed by atoms with Gasteiger partial charge in [0.1, 0.15) is 5.60 Å². The summed E-state index contributed by atoms with van der Waals surface area (Å²) in [7, 11) is 0. The van der Waals surface area contributed by atoms with Gasteiger partial charge in [-0.05, 0) is 45.1 Å². The Morgan fingerprint density at radius 1 is 1.44 bits per heavy atom. The van der Waals surface area contributed by atoms with Crippen molar-refractivity contribution in [2.75, 3.05) is 19.6 Å². The van der Waals surface area contributed by atoms with Gasteiger partial charge in [-0.25, -0.2) is 0 Å². The van der Waals surface area contributed by atoms with E-state index in [1.165, 1.54) is 0 Å². The van der Waals surface area contributed by atoms with Crippen LogP contribution in [-0.2, 0) is 4.79 Å². The molecule has 0 radical (unpaired) electrons. The lowest BCUT2D eigenvalue weighted by molar-refractivity contribution is -0.164. The quantitative estimate of drug-likeness (QED) is 0.700. The fraction of sp³-hybridized carbons (Fsp3) is 0.917. The largest absolute Gasteiger partial charge is 0.386 e. The Kier molecular flexibility index (Phi) is 2.11. The summed E-state index contributed by atoms with van der Waals surface area (Å²) in [5.74, 6) is 0.635. The normalized spacial score (nSPS) is 37.2. The highest BCUT2D eigenvalue weighted by atomic mass is 16.3. The van der Waals surface area contributed by atoms with Gasteiger partial charge in [-0.15, -0.1) is 0 Å². The molecule has 1 aliphatic carbocycles. The number of β-amino-alcohol motifs (C(OH)–C–C–N with tert-alkyl or cyclic N) is 1. The van der Waals surface area contributed by atoms with Crippen molar-refractivity contribution in [3.05, 3.63) is 0 Å². The molecule has 4 heteroatoms. The predicted molar refractivity (Wildman–Crippen MR) is 59.9 cm³/mol. The highest BCUT2D eigenvalue weighted by Gasteiger charge is 2.55. The molecule has 1 unspecified atom stereocenters. The van der Waals surface area contributed by atoms with Gasteiger partial charge in [-0.3, -0.25) is 4.79 Å². The van der Waals surface area contributed by atoms with Crippen LogP contribution in [0.4, 0.5) is 0 Å². The molecule has 0 spiro atoms. The van der Waals surface area contributed by atoms with E-state index in [0.717, 1.165) is 32.2 Å². The van der Waals surface area contributed by atoms with Gasteiger partial charge in [-0.2, -0.15) is 0 Å². The maximum absolute atomic E-state index is 12.2. The Bertz CT molecular complexity index is 313. The smallest absolute Gasteiger partial charge is 0.242 e. The number of likely N-dealkylation sites (tertiary alicyclic amines) is 1. The summed E-state index contributed by atoms with van der Waals surface area (Å²) < 4.78 is 0. The summed E-state index contributed by atoms with van der Waals surface area (Å²) >= 11 is 0. The summed E-state index contributed by atoms with van der Waals surface area (Å²) in [5, 5.41) is 13.5. The second-order valence-electron chi connectivity index (χ2n) is 5.90. The molecular formula is C12H20N2O2. The molecular weight excluding hydrogens is 204 g/mol. The molecule has 0 bridgehead atoms. The highest BCUT2D eigenvalue weighted by molar-refractivity contribution is 5.87. The van der Waals surface area contributed by atoms with E-state index in [-0.39, 0.29) is 11.4 Å². The number of amides is 1. The van der Waals surface area contributed by atoms with Crippen molar-refractivity contribution in [1.29, 1.82) is 0 Å². The van der Waals surface area contributed by atoms with Gasteiger partial charge in [0.2, 0.25) is 5.91 Å². The van der Waals surface area contributed by atoms with Crippen LogP contribution >= 0.6 is 0 Å². The van der Waals surface area contributed by atoms with Crippen LogP contribution in [-0.4, -0.2) is 46.7 Å². The highest BCUT2D eigenvalue weighted by Crippen LogP contribution is 2.45. The Morgan fingerprint density at radius 2 is 2.12 bits per heavy atom. The van der Waals surface area contributed by atoms with Crippen LogP contribution in [0, 0.1) is 5.92 Å². The van der Waals surface area contributed by atoms with Gasteiger partial charge in [0.05, 0.1) is 18.6 Å². The number of hydrogen-bond donors (Lipinski definition) is 2. The second-order valence-corrected chi connectivity index (χ2v) is 5.90. The lowest BCUT2D eigenvalue weighted by Crippen LogP contribution is -2.69. The second kappa shape index (κ2) is 3.20. The number of carbonyl (C=O) groups excluding carboxylic acids is 1. The standard InChI is InChI=1S/C12H20N2O2/c1-11(5-2-6-13-11)10(15)14-7-12(16,8-14)9-3-4-9/h9,13,16H,2-8H2,1H3. The molecule has 0 aromatic rings. The van der Waals surface area contributed by atoms with Gasteiger partial charge in [0, 0.05) is 0 Å². The van der Waals surface area contributed by atoms with E-state index in [1.54, 1.807) is 0 Å². The Morgan fingerprint density at radius 3 is 2.62 bits per heavy atom. The van der Waals surface area contributed by atoms with E-state index in [2.05, 4.69) is 5.32 Å². The van der Waals surface area contributed by atoms with E-state index in [1.807, 2.05) is 11.8 Å². The fourth-order valence-electron chi connectivity index (χ4n) is 3.06. The van der Waals surface area contributed by atoms with Crippen molar-refractivity contribution in [1.82, 2.24) is 10.2 Å². The van der Waals surface area contributed by atoms with Crippen LogP contribution < -0.4 is 5.32 Å².